The van der Waals surface area contributed by atoms with Crippen molar-refractivity contribution in [1.82, 2.24) is 20.0 Å². The molecule has 0 aromatic heterocycles. The second-order valence-corrected chi connectivity index (χ2v) is 13.1. The van der Waals surface area contributed by atoms with E-state index in [1.807, 2.05) is 6.07 Å². The Bertz CT molecular complexity index is 1280. The molecule has 7 rings (SSSR count). The average molecular weight is 548 g/mol. The van der Waals surface area contributed by atoms with Crippen molar-refractivity contribution in [3.8, 4) is 0 Å². The van der Waals surface area contributed by atoms with Crippen LogP contribution >= 0.6 is 0 Å². The molecule has 1 unspecified atom stereocenters. The van der Waals surface area contributed by atoms with Crippen LogP contribution in [0.5, 0.6) is 0 Å². The van der Waals surface area contributed by atoms with Crippen molar-refractivity contribution in [2.24, 2.45) is 10.8 Å². The maximum Gasteiger partial charge on any atom is 0.262 e. The normalized spacial score (nSPS) is 27.5. The fourth-order valence-electron chi connectivity index (χ4n) is 7.95. The predicted molar refractivity (Wildman–Crippen MR) is 146 cm³/mol. The molecule has 10 nitrogen and oxygen atoms in total. The fraction of sp³-hybridized carbons (Fsp3) is 0.633. The summed E-state index contributed by atoms with van der Waals surface area (Å²) >= 11 is 0. The first-order valence-corrected chi connectivity index (χ1v) is 14.9. The molecular formula is C30H37N5O5. The van der Waals surface area contributed by atoms with Gasteiger partial charge >= 0.3 is 0 Å². The molecule has 5 amide bonds. The van der Waals surface area contributed by atoms with Gasteiger partial charge in [0.2, 0.25) is 17.7 Å². The van der Waals surface area contributed by atoms with Gasteiger partial charge in [-0.3, -0.25) is 39.1 Å². The van der Waals surface area contributed by atoms with Crippen molar-refractivity contribution in [3.05, 3.63) is 29.3 Å². The standard InChI is InChI=1S/C30H37N5O5/c36-24-7-6-23(26(38)31-24)35-27(39)21-5-4-20(14-22(21)28(35)40)33-16-30(17-33)10-12-32(13-11-30)15-25(37)34-18-29(19-34)8-2-1-3-9-29/h4-5,14,23H,1-3,6-13,15-19H2,(H,31,36,38). The molecule has 40 heavy (non-hydrogen) atoms. The van der Waals surface area contributed by atoms with E-state index in [9.17, 15) is 24.0 Å². The molecule has 1 aromatic carbocycles. The zero-order chi connectivity index (χ0) is 27.6. The van der Waals surface area contributed by atoms with E-state index in [0.29, 0.717) is 23.1 Å². The summed E-state index contributed by atoms with van der Waals surface area (Å²) in [4.78, 5) is 70.5. The lowest BCUT2D eigenvalue weighted by atomic mass is 9.68. The number of nitrogens with zero attached hydrogens (tertiary/aromatic N) is 4. The Morgan fingerprint density at radius 3 is 2.23 bits per heavy atom. The van der Waals surface area contributed by atoms with Crippen LogP contribution in [0.1, 0.15) is 78.5 Å². The molecule has 5 aliphatic heterocycles. The van der Waals surface area contributed by atoms with Crippen LogP contribution in [0, 0.1) is 10.8 Å². The van der Waals surface area contributed by atoms with Crippen molar-refractivity contribution in [2.75, 3.05) is 50.7 Å². The smallest absolute Gasteiger partial charge is 0.262 e. The summed E-state index contributed by atoms with van der Waals surface area (Å²) in [6.07, 6.45) is 8.89. The van der Waals surface area contributed by atoms with Gasteiger partial charge < -0.3 is 9.80 Å². The summed E-state index contributed by atoms with van der Waals surface area (Å²) in [5.74, 6) is -1.64. The molecule has 1 aromatic rings. The summed E-state index contributed by atoms with van der Waals surface area (Å²) in [5, 5.41) is 2.24. The van der Waals surface area contributed by atoms with Crippen LogP contribution in [-0.2, 0) is 14.4 Å². The van der Waals surface area contributed by atoms with E-state index in [2.05, 4.69) is 20.0 Å². The van der Waals surface area contributed by atoms with Crippen molar-refractivity contribution < 1.29 is 24.0 Å². The average Bonchev–Trinajstić information content (AvgIpc) is 3.16. The number of piperidine rings is 2. The number of imide groups is 2. The number of hydrogen-bond donors (Lipinski definition) is 1. The van der Waals surface area contributed by atoms with Gasteiger partial charge in [-0.1, -0.05) is 19.3 Å². The maximum atomic E-state index is 13.2. The number of fused-ring (bicyclic) bond motifs is 1. The highest BCUT2D eigenvalue weighted by molar-refractivity contribution is 6.23. The number of likely N-dealkylation sites (tertiary alicyclic amines) is 2. The predicted octanol–water partition coefficient (Wildman–Crippen LogP) is 1.78. The number of amides is 5. The first-order chi connectivity index (χ1) is 19.2. The third kappa shape index (κ3) is 4.22. The number of anilines is 1. The Morgan fingerprint density at radius 2 is 1.52 bits per heavy atom. The van der Waals surface area contributed by atoms with Gasteiger partial charge in [0, 0.05) is 49.1 Å². The van der Waals surface area contributed by atoms with Crippen LogP contribution in [0.2, 0.25) is 0 Å². The molecule has 1 N–H and O–H groups in total. The minimum absolute atomic E-state index is 0.107. The Hall–Kier alpha value is -3.27. The summed E-state index contributed by atoms with van der Waals surface area (Å²) in [6.45, 7) is 6.08. The maximum absolute atomic E-state index is 13.2. The van der Waals surface area contributed by atoms with Gasteiger partial charge in [-0.15, -0.1) is 0 Å². The van der Waals surface area contributed by atoms with E-state index in [1.54, 1.807) is 12.1 Å². The molecule has 10 heteroatoms. The van der Waals surface area contributed by atoms with Crippen LogP contribution < -0.4 is 10.2 Å². The van der Waals surface area contributed by atoms with Crippen molar-refractivity contribution in [3.63, 3.8) is 0 Å². The molecule has 5 fully saturated rings. The Morgan fingerprint density at radius 1 is 0.850 bits per heavy atom. The first-order valence-electron chi connectivity index (χ1n) is 14.9. The largest absolute Gasteiger partial charge is 0.370 e. The summed E-state index contributed by atoms with van der Waals surface area (Å²) < 4.78 is 0. The molecule has 4 saturated heterocycles. The van der Waals surface area contributed by atoms with Gasteiger partial charge in [-0.25, -0.2) is 0 Å². The quantitative estimate of drug-likeness (QED) is 0.573. The molecule has 6 aliphatic rings. The molecule has 1 aliphatic carbocycles. The molecule has 0 bridgehead atoms. The molecule has 0 radical (unpaired) electrons. The Labute approximate surface area is 234 Å². The topological polar surface area (TPSA) is 110 Å². The SMILES string of the molecule is O=C1CCC(N2C(=O)c3ccc(N4CC5(CCN(CC(=O)N6CC7(CCCCC7)C6)CC5)C4)cc3C2=O)C(=O)N1. The number of carbonyl (C=O) groups is 5. The van der Waals surface area contributed by atoms with Crippen LogP contribution in [0.15, 0.2) is 18.2 Å². The minimum atomic E-state index is -0.952. The Kier molecular flexibility index (Phi) is 6.03. The molecule has 1 atom stereocenters. The third-order valence-corrected chi connectivity index (χ3v) is 10.4. The highest BCUT2D eigenvalue weighted by Crippen LogP contribution is 2.45. The van der Waals surface area contributed by atoms with E-state index in [0.717, 1.165) is 62.7 Å². The number of hydrogen-bond acceptors (Lipinski definition) is 7. The van der Waals surface area contributed by atoms with Gasteiger partial charge in [-0.05, 0) is 63.4 Å². The van der Waals surface area contributed by atoms with Crippen molar-refractivity contribution in [1.29, 1.82) is 0 Å². The minimum Gasteiger partial charge on any atom is -0.370 e. The summed E-state index contributed by atoms with van der Waals surface area (Å²) in [6, 6.07) is 4.38. The highest BCUT2D eigenvalue weighted by atomic mass is 16.2. The zero-order valence-corrected chi connectivity index (χ0v) is 23.0. The van der Waals surface area contributed by atoms with Crippen LogP contribution in [0.3, 0.4) is 0 Å². The number of rotatable bonds is 4. The number of carbonyl (C=O) groups excluding carboxylic acids is 5. The van der Waals surface area contributed by atoms with E-state index >= 15 is 0 Å². The lowest BCUT2D eigenvalue weighted by molar-refractivity contribution is -0.147. The summed E-state index contributed by atoms with van der Waals surface area (Å²) in [7, 11) is 0. The third-order valence-electron chi connectivity index (χ3n) is 10.4. The van der Waals surface area contributed by atoms with E-state index in [-0.39, 0.29) is 30.1 Å². The summed E-state index contributed by atoms with van der Waals surface area (Å²) in [5.41, 5.74) is 2.18. The first kappa shape index (κ1) is 25.7. The number of benzene rings is 1. The molecule has 212 valence electrons. The monoisotopic (exact) mass is 547 g/mol. The van der Waals surface area contributed by atoms with Gasteiger partial charge in [0.05, 0.1) is 17.7 Å². The second-order valence-electron chi connectivity index (χ2n) is 13.1. The van der Waals surface area contributed by atoms with Crippen LogP contribution in [0.25, 0.3) is 0 Å². The second kappa shape index (κ2) is 9.39. The lowest BCUT2D eigenvalue weighted by Crippen LogP contribution is -2.63. The van der Waals surface area contributed by atoms with Gasteiger partial charge in [-0.2, -0.15) is 0 Å². The lowest BCUT2D eigenvalue weighted by Gasteiger charge is -2.55. The van der Waals surface area contributed by atoms with Crippen molar-refractivity contribution in [2.45, 2.75) is 63.8 Å². The zero-order valence-electron chi connectivity index (χ0n) is 23.0. The van der Waals surface area contributed by atoms with Crippen LogP contribution in [-0.4, -0.2) is 96.1 Å². The molecule has 1 saturated carbocycles. The van der Waals surface area contributed by atoms with Gasteiger partial charge in [0.1, 0.15) is 6.04 Å². The van der Waals surface area contributed by atoms with E-state index in [4.69, 9.17) is 0 Å². The van der Waals surface area contributed by atoms with Crippen LogP contribution in [0.4, 0.5) is 5.69 Å². The van der Waals surface area contributed by atoms with E-state index < -0.39 is 23.8 Å². The molecule has 5 heterocycles. The van der Waals surface area contributed by atoms with Gasteiger partial charge in [0.25, 0.3) is 11.8 Å². The number of nitrogens with one attached hydrogen (secondary N) is 1. The fourth-order valence-corrected chi connectivity index (χ4v) is 7.95. The van der Waals surface area contributed by atoms with Gasteiger partial charge in [0.15, 0.2) is 0 Å². The van der Waals surface area contributed by atoms with E-state index in [1.165, 1.54) is 32.1 Å². The van der Waals surface area contributed by atoms with Crippen molar-refractivity contribution >= 4 is 35.2 Å². The molecule has 2 spiro atoms. The highest BCUT2D eigenvalue weighted by Gasteiger charge is 2.49. The molecular weight excluding hydrogens is 510 g/mol. The Balaban J connectivity index is 0.921.